The molecule has 0 aliphatic rings. The first kappa shape index (κ1) is 26.5. The highest BCUT2D eigenvalue weighted by Gasteiger charge is 2.34. The van der Waals surface area contributed by atoms with Crippen LogP contribution in [0.1, 0.15) is 22.6 Å². The fraction of sp³-hybridized carbons (Fsp3) is 0.240. The maximum Gasteiger partial charge on any atom is 0.418 e. The van der Waals surface area contributed by atoms with Gasteiger partial charge in [0.05, 0.1) is 28.2 Å². The first-order valence-corrected chi connectivity index (χ1v) is 11.5. The van der Waals surface area contributed by atoms with Crippen molar-refractivity contribution in [2.75, 3.05) is 18.9 Å². The van der Waals surface area contributed by atoms with Gasteiger partial charge < -0.3 is 15.6 Å². The summed E-state index contributed by atoms with van der Waals surface area (Å²) in [5.41, 5.74) is 6.66. The van der Waals surface area contributed by atoms with Gasteiger partial charge >= 0.3 is 17.9 Å². The Hall–Kier alpha value is -4.52. The second-order valence-electron chi connectivity index (χ2n) is 8.74. The molecule has 13 heteroatoms. The van der Waals surface area contributed by atoms with Gasteiger partial charge in [0, 0.05) is 23.3 Å². The minimum atomic E-state index is -4.56. The van der Waals surface area contributed by atoms with Crippen LogP contribution in [0, 0.1) is 17.0 Å². The second-order valence-corrected chi connectivity index (χ2v) is 8.74. The topological polar surface area (TPSA) is 132 Å². The van der Waals surface area contributed by atoms with Crippen LogP contribution in [0.15, 0.2) is 54.9 Å². The maximum atomic E-state index is 13.9. The number of nitrogens with two attached hydrogens (primary N) is 1. The van der Waals surface area contributed by atoms with Gasteiger partial charge in [0.25, 0.3) is 0 Å². The van der Waals surface area contributed by atoms with Crippen molar-refractivity contribution in [2.45, 2.75) is 26.1 Å². The highest BCUT2D eigenvalue weighted by atomic mass is 19.4. The number of hydrogen-bond donors (Lipinski definition) is 2. The van der Waals surface area contributed by atoms with Crippen LogP contribution < -0.4 is 11.1 Å². The number of hydrogen-bond acceptors (Lipinski definition) is 6. The number of carbonyl (C=O) groups excluding carboxylic acids is 1. The molecule has 3 N–H and O–H groups in total. The van der Waals surface area contributed by atoms with Crippen LogP contribution in [0.3, 0.4) is 0 Å². The largest absolute Gasteiger partial charge is 0.418 e. The van der Waals surface area contributed by atoms with E-state index >= 15 is 0 Å². The number of carbonyl (C=O) groups is 1. The molecular formula is C25H24F3N7O3. The SMILES string of the molecule is Cc1c(CCN(C)Cc2ncc([N+](=O)[O-])cn2)c2cc(NC(N)=O)ccc2n1-c1ccccc1C(F)(F)F. The lowest BCUT2D eigenvalue weighted by atomic mass is 10.1. The Bertz CT molecular complexity index is 1500. The molecule has 0 aliphatic carbocycles. The first-order valence-electron chi connectivity index (χ1n) is 11.5. The number of halogens is 3. The summed E-state index contributed by atoms with van der Waals surface area (Å²) in [5, 5.41) is 14.0. The Kier molecular flexibility index (Phi) is 7.30. The van der Waals surface area contributed by atoms with E-state index in [0.29, 0.717) is 47.6 Å². The van der Waals surface area contributed by atoms with Crippen LogP contribution in [0.25, 0.3) is 16.6 Å². The van der Waals surface area contributed by atoms with Gasteiger partial charge in [-0.05, 0) is 56.3 Å². The number of para-hydroxylation sites is 1. The van der Waals surface area contributed by atoms with Gasteiger partial charge in [0.1, 0.15) is 18.2 Å². The number of fused-ring (bicyclic) bond motifs is 1. The molecule has 0 bridgehead atoms. The van der Waals surface area contributed by atoms with Crippen LogP contribution in [-0.4, -0.2) is 44.0 Å². The third-order valence-electron chi connectivity index (χ3n) is 6.11. The lowest BCUT2D eigenvalue weighted by Crippen LogP contribution is -2.22. The van der Waals surface area contributed by atoms with Gasteiger partial charge in [-0.3, -0.25) is 15.0 Å². The molecule has 2 heterocycles. The molecule has 38 heavy (non-hydrogen) atoms. The average molecular weight is 528 g/mol. The van der Waals surface area contributed by atoms with E-state index in [1.54, 1.807) is 35.8 Å². The number of rotatable bonds is 8. The van der Waals surface area contributed by atoms with E-state index in [1.807, 2.05) is 11.9 Å². The molecule has 0 saturated carbocycles. The van der Waals surface area contributed by atoms with Crippen LogP contribution >= 0.6 is 0 Å². The highest BCUT2D eigenvalue weighted by Crippen LogP contribution is 2.38. The standard InChI is InChI=1S/C25H24F3N7O3/c1-15-18(9-10-33(2)14-23-30-12-17(13-31-23)35(37)38)19-11-16(32-24(29)36)7-8-21(19)34(15)22-6-4-3-5-20(22)25(26,27)28/h3-8,11-13H,9-10,14H2,1-2H3,(H3,29,32,36). The molecule has 2 amide bonds. The third-order valence-corrected chi connectivity index (χ3v) is 6.11. The summed E-state index contributed by atoms with van der Waals surface area (Å²) in [4.78, 5) is 31.6. The van der Waals surface area contributed by atoms with E-state index in [-0.39, 0.29) is 11.4 Å². The number of likely N-dealkylation sites (N-methyl/N-ethyl adjacent to an activating group) is 1. The first-order chi connectivity index (χ1) is 18.0. The molecule has 198 valence electrons. The normalized spacial score (nSPS) is 11.7. The highest BCUT2D eigenvalue weighted by molar-refractivity contribution is 5.94. The third kappa shape index (κ3) is 5.57. The molecule has 4 aromatic rings. The minimum Gasteiger partial charge on any atom is -0.351 e. The molecule has 0 radical (unpaired) electrons. The molecule has 0 unspecified atom stereocenters. The summed E-state index contributed by atoms with van der Waals surface area (Å²) < 4.78 is 43.2. The minimum absolute atomic E-state index is 0.00278. The van der Waals surface area contributed by atoms with Gasteiger partial charge in [-0.1, -0.05) is 12.1 Å². The van der Waals surface area contributed by atoms with Crippen LogP contribution in [0.2, 0.25) is 0 Å². The van der Waals surface area contributed by atoms with Gasteiger partial charge in [-0.15, -0.1) is 0 Å². The molecule has 0 fully saturated rings. The number of anilines is 1. The fourth-order valence-corrected chi connectivity index (χ4v) is 4.38. The zero-order valence-corrected chi connectivity index (χ0v) is 20.5. The van der Waals surface area contributed by atoms with E-state index in [4.69, 9.17) is 5.73 Å². The van der Waals surface area contributed by atoms with E-state index in [0.717, 1.165) is 24.0 Å². The zero-order valence-electron chi connectivity index (χ0n) is 20.5. The number of benzene rings is 2. The fourth-order valence-electron chi connectivity index (χ4n) is 4.38. The van der Waals surface area contributed by atoms with Gasteiger partial charge in [-0.25, -0.2) is 14.8 Å². The predicted molar refractivity (Wildman–Crippen MR) is 135 cm³/mol. The quantitative estimate of drug-likeness (QED) is 0.249. The van der Waals surface area contributed by atoms with Crippen molar-refractivity contribution in [3.8, 4) is 5.69 Å². The molecule has 0 saturated heterocycles. The molecule has 2 aromatic heterocycles. The molecular weight excluding hydrogens is 503 g/mol. The van der Waals surface area contributed by atoms with E-state index < -0.39 is 22.7 Å². The van der Waals surface area contributed by atoms with Crippen LogP contribution in [0.4, 0.5) is 29.3 Å². The number of amides is 2. The Balaban J connectivity index is 1.71. The Morgan fingerprint density at radius 1 is 1.18 bits per heavy atom. The maximum absolute atomic E-state index is 13.9. The van der Waals surface area contributed by atoms with Crippen molar-refractivity contribution in [1.29, 1.82) is 0 Å². The Morgan fingerprint density at radius 2 is 1.87 bits per heavy atom. The molecule has 0 spiro atoms. The monoisotopic (exact) mass is 527 g/mol. The lowest BCUT2D eigenvalue weighted by Gasteiger charge is -2.17. The van der Waals surface area contributed by atoms with E-state index in [9.17, 15) is 28.1 Å². The lowest BCUT2D eigenvalue weighted by molar-refractivity contribution is -0.385. The predicted octanol–water partition coefficient (Wildman–Crippen LogP) is 4.82. The number of primary amides is 1. The van der Waals surface area contributed by atoms with Crippen molar-refractivity contribution >= 4 is 28.3 Å². The zero-order chi connectivity index (χ0) is 27.6. The van der Waals surface area contributed by atoms with Gasteiger partial charge in [0.15, 0.2) is 0 Å². The van der Waals surface area contributed by atoms with Gasteiger partial charge in [0.2, 0.25) is 0 Å². The van der Waals surface area contributed by atoms with E-state index in [2.05, 4.69) is 15.3 Å². The molecule has 2 aromatic carbocycles. The summed E-state index contributed by atoms with van der Waals surface area (Å²) in [5.74, 6) is 0.393. The molecule has 0 aliphatic heterocycles. The number of nitrogens with zero attached hydrogens (tertiary/aromatic N) is 5. The number of nitro groups is 1. The van der Waals surface area contributed by atoms with Crippen molar-refractivity contribution in [1.82, 2.24) is 19.4 Å². The van der Waals surface area contributed by atoms with Crippen LogP contribution in [0.5, 0.6) is 0 Å². The summed E-state index contributed by atoms with van der Waals surface area (Å²) in [7, 11) is 1.82. The van der Waals surface area contributed by atoms with Crippen LogP contribution in [-0.2, 0) is 19.1 Å². The van der Waals surface area contributed by atoms with Crippen molar-refractivity contribution in [2.24, 2.45) is 5.73 Å². The summed E-state index contributed by atoms with van der Waals surface area (Å²) >= 11 is 0. The Labute approximate surface area is 215 Å². The van der Waals surface area contributed by atoms with Crippen molar-refractivity contribution in [3.63, 3.8) is 0 Å². The number of nitrogens with one attached hydrogen (secondary N) is 1. The van der Waals surface area contributed by atoms with E-state index in [1.165, 1.54) is 12.1 Å². The molecule has 10 nitrogen and oxygen atoms in total. The summed E-state index contributed by atoms with van der Waals surface area (Å²) in [6.07, 6.45) is -1.83. The van der Waals surface area contributed by atoms with Gasteiger partial charge in [-0.2, -0.15) is 13.2 Å². The molecule has 0 atom stereocenters. The average Bonchev–Trinajstić information content (AvgIpc) is 3.12. The summed E-state index contributed by atoms with van der Waals surface area (Å²) in [6.45, 7) is 2.54. The number of aromatic nitrogens is 3. The Morgan fingerprint density at radius 3 is 2.50 bits per heavy atom. The second kappa shape index (κ2) is 10.5. The molecule has 4 rings (SSSR count). The van der Waals surface area contributed by atoms with Crippen molar-refractivity contribution < 1.29 is 22.9 Å². The smallest absolute Gasteiger partial charge is 0.351 e. The van der Waals surface area contributed by atoms with Crippen molar-refractivity contribution in [3.05, 3.63) is 87.6 Å². The summed E-state index contributed by atoms with van der Waals surface area (Å²) in [6, 6.07) is 9.53. The number of urea groups is 1. The number of alkyl halides is 3.